The van der Waals surface area contributed by atoms with Gasteiger partial charge in [-0.1, -0.05) is 173 Å². The monoisotopic (exact) mass is 802 g/mol. The Bertz CT molecular complexity index is 1040. The predicted octanol–water partition coefficient (Wildman–Crippen LogP) is 11.1. The number of aliphatic carboxylic acids is 1. The highest BCUT2D eigenvalue weighted by Crippen LogP contribution is 2.43. The Morgan fingerprint density at radius 2 is 1.04 bits per heavy atom. The Labute approximate surface area is 334 Å². The van der Waals surface area contributed by atoms with Gasteiger partial charge in [0.2, 0.25) is 5.91 Å². The van der Waals surface area contributed by atoms with E-state index >= 15 is 0 Å². The number of rotatable bonds is 41. The molecule has 0 aromatic carbocycles. The smallest absolute Gasteiger partial charge is 0.472 e. The minimum atomic E-state index is -4.75. The fraction of sp³-hybridized carbons (Fsp3) is 0.837. The van der Waals surface area contributed by atoms with Gasteiger partial charge in [-0.15, -0.1) is 0 Å². The van der Waals surface area contributed by atoms with Crippen molar-refractivity contribution in [2.75, 3.05) is 19.8 Å². The lowest BCUT2D eigenvalue weighted by Crippen LogP contribution is -2.43. The number of carboxylic acids is 1. The molecule has 0 bridgehead atoms. The Morgan fingerprint density at radius 1 is 0.582 bits per heavy atom. The largest absolute Gasteiger partial charge is 0.480 e. The van der Waals surface area contributed by atoms with Crippen LogP contribution in [0.2, 0.25) is 0 Å². The number of carbonyl (C=O) groups excluding carboxylic acids is 2. The first kappa shape index (κ1) is 53.0. The summed E-state index contributed by atoms with van der Waals surface area (Å²) in [6.45, 7) is 2.52. The van der Waals surface area contributed by atoms with Gasteiger partial charge in [-0.2, -0.15) is 0 Å². The van der Waals surface area contributed by atoms with E-state index in [4.69, 9.17) is 13.8 Å². The zero-order chi connectivity index (χ0) is 40.7. The van der Waals surface area contributed by atoms with Gasteiger partial charge in [-0.3, -0.25) is 18.6 Å². The zero-order valence-electron chi connectivity index (χ0n) is 34.7. The van der Waals surface area contributed by atoms with E-state index in [1.54, 1.807) is 0 Å². The molecule has 0 heterocycles. The molecule has 0 rings (SSSR count). The van der Waals surface area contributed by atoms with Crippen LogP contribution in [0.15, 0.2) is 24.3 Å². The first-order valence-electron chi connectivity index (χ1n) is 21.9. The van der Waals surface area contributed by atoms with Gasteiger partial charge in [0.15, 0.2) is 6.04 Å². The number of hydrogen-bond acceptors (Lipinski definition) is 8. The number of nitrogens with one attached hydrogen (secondary N) is 1. The molecule has 3 unspecified atom stereocenters. The molecule has 0 radical (unpaired) electrons. The molecule has 0 aliphatic rings. The first-order valence-corrected chi connectivity index (χ1v) is 23.4. The van der Waals surface area contributed by atoms with Gasteiger partial charge in [0.25, 0.3) is 0 Å². The summed E-state index contributed by atoms with van der Waals surface area (Å²) in [5.74, 6) is -2.38. The molecule has 0 saturated carbocycles. The standard InChI is InChI=1S/C43H80NO10P/c1-3-5-7-9-11-13-15-17-18-19-20-21-23-24-26-28-30-32-34-41(46)44-40(43(48)49)38-54-55(50,51)53-37-39(45)36-52-42(47)35-33-31-29-27-25-22-16-14-12-10-8-6-4-2/h8,10,14,16,39-40,45H,3-7,9,11-13,15,17-38H2,1-2H3,(H,44,46)(H,48,49)(H,50,51)/b10-8-,16-14-. The lowest BCUT2D eigenvalue weighted by Gasteiger charge is -2.18. The van der Waals surface area contributed by atoms with Crippen LogP contribution in [-0.2, 0) is 32.7 Å². The summed E-state index contributed by atoms with van der Waals surface area (Å²) in [5.41, 5.74) is 0. The average Bonchev–Trinajstić information content (AvgIpc) is 3.16. The van der Waals surface area contributed by atoms with Crippen LogP contribution in [0.3, 0.4) is 0 Å². The third-order valence-corrected chi connectivity index (χ3v) is 10.4. The maximum absolute atomic E-state index is 12.3. The van der Waals surface area contributed by atoms with Gasteiger partial charge < -0.3 is 25.2 Å². The molecule has 1 amide bonds. The summed E-state index contributed by atoms with van der Waals surface area (Å²) < 4.78 is 26.8. The number of hydrogen-bond donors (Lipinski definition) is 4. The van der Waals surface area contributed by atoms with Crippen LogP contribution in [0.5, 0.6) is 0 Å². The third-order valence-electron chi connectivity index (χ3n) is 9.47. The molecular weight excluding hydrogens is 721 g/mol. The second-order valence-electron chi connectivity index (χ2n) is 14.9. The summed E-state index contributed by atoms with van der Waals surface area (Å²) in [6, 6.07) is -1.54. The van der Waals surface area contributed by atoms with Crippen molar-refractivity contribution < 1.29 is 47.8 Å². The van der Waals surface area contributed by atoms with E-state index in [2.05, 4.69) is 43.5 Å². The Morgan fingerprint density at radius 3 is 1.55 bits per heavy atom. The number of carbonyl (C=O) groups is 3. The minimum absolute atomic E-state index is 0.149. The lowest BCUT2D eigenvalue weighted by molar-refractivity contribution is -0.147. The molecule has 0 fully saturated rings. The zero-order valence-corrected chi connectivity index (χ0v) is 35.6. The Kier molecular flexibility index (Phi) is 37.4. The van der Waals surface area contributed by atoms with Gasteiger partial charge in [0.1, 0.15) is 12.7 Å². The van der Waals surface area contributed by atoms with E-state index in [0.29, 0.717) is 12.8 Å². The third kappa shape index (κ3) is 38.6. The lowest BCUT2D eigenvalue weighted by atomic mass is 10.0. The van der Waals surface area contributed by atoms with E-state index in [-0.39, 0.29) is 12.8 Å². The summed E-state index contributed by atoms with van der Waals surface area (Å²) >= 11 is 0. The molecule has 4 N–H and O–H groups in total. The summed E-state index contributed by atoms with van der Waals surface area (Å²) in [6.07, 6.45) is 39.2. The fourth-order valence-corrected chi connectivity index (χ4v) is 6.83. The number of esters is 1. The molecule has 0 aromatic heterocycles. The van der Waals surface area contributed by atoms with Crippen molar-refractivity contribution in [3.63, 3.8) is 0 Å². The van der Waals surface area contributed by atoms with E-state index < -0.39 is 57.6 Å². The van der Waals surface area contributed by atoms with Gasteiger partial charge >= 0.3 is 19.8 Å². The summed E-state index contributed by atoms with van der Waals surface area (Å²) in [7, 11) is -4.75. The average molecular weight is 802 g/mol. The highest BCUT2D eigenvalue weighted by molar-refractivity contribution is 7.47. The van der Waals surface area contributed by atoms with Crippen LogP contribution in [0.25, 0.3) is 0 Å². The van der Waals surface area contributed by atoms with Crippen molar-refractivity contribution in [2.24, 2.45) is 0 Å². The van der Waals surface area contributed by atoms with Crippen molar-refractivity contribution in [1.29, 1.82) is 0 Å². The maximum atomic E-state index is 12.3. The summed E-state index contributed by atoms with van der Waals surface area (Å²) in [4.78, 5) is 45.9. The number of ether oxygens (including phenoxy) is 1. The van der Waals surface area contributed by atoms with Crippen molar-refractivity contribution in [3.05, 3.63) is 24.3 Å². The quantitative estimate of drug-likeness (QED) is 0.0202. The van der Waals surface area contributed by atoms with Crippen LogP contribution in [-0.4, -0.2) is 64.9 Å². The van der Waals surface area contributed by atoms with Crippen LogP contribution in [0, 0.1) is 0 Å². The first-order chi connectivity index (χ1) is 26.6. The Hall–Kier alpha value is -2.04. The highest BCUT2D eigenvalue weighted by atomic mass is 31.2. The van der Waals surface area contributed by atoms with Crippen LogP contribution < -0.4 is 5.32 Å². The molecule has 0 saturated heterocycles. The van der Waals surface area contributed by atoms with Gasteiger partial charge in [0, 0.05) is 12.8 Å². The van der Waals surface area contributed by atoms with Crippen LogP contribution in [0.4, 0.5) is 0 Å². The number of aliphatic hydroxyl groups is 1. The molecule has 0 aromatic rings. The topological polar surface area (TPSA) is 169 Å². The van der Waals surface area contributed by atoms with E-state index in [0.717, 1.165) is 64.2 Å². The molecular formula is C43H80NO10P. The van der Waals surface area contributed by atoms with E-state index in [1.807, 2.05) is 0 Å². The van der Waals surface area contributed by atoms with Crippen molar-refractivity contribution in [3.8, 4) is 0 Å². The molecule has 0 aliphatic heterocycles. The predicted molar refractivity (Wildman–Crippen MR) is 222 cm³/mol. The second kappa shape index (κ2) is 38.8. The number of amides is 1. The van der Waals surface area contributed by atoms with Crippen LogP contribution in [0.1, 0.15) is 200 Å². The van der Waals surface area contributed by atoms with Gasteiger partial charge in [0.05, 0.1) is 13.2 Å². The molecule has 12 heteroatoms. The minimum Gasteiger partial charge on any atom is -0.480 e. The molecule has 0 aliphatic carbocycles. The van der Waals surface area contributed by atoms with E-state index in [1.165, 1.54) is 96.3 Å². The molecule has 3 atom stereocenters. The van der Waals surface area contributed by atoms with Crippen molar-refractivity contribution in [1.82, 2.24) is 5.32 Å². The Balaban J connectivity index is 3.89. The number of unbranched alkanes of at least 4 members (excludes halogenated alkanes) is 23. The van der Waals surface area contributed by atoms with Crippen molar-refractivity contribution >= 4 is 25.7 Å². The van der Waals surface area contributed by atoms with Gasteiger partial charge in [-0.25, -0.2) is 9.36 Å². The number of phosphoric ester groups is 1. The van der Waals surface area contributed by atoms with Crippen LogP contribution >= 0.6 is 7.82 Å². The molecule has 322 valence electrons. The van der Waals surface area contributed by atoms with Gasteiger partial charge in [-0.05, 0) is 38.5 Å². The number of phosphoric acid groups is 1. The second-order valence-corrected chi connectivity index (χ2v) is 16.3. The molecule has 0 spiro atoms. The maximum Gasteiger partial charge on any atom is 0.472 e. The number of carboxylic acid groups (broad SMARTS) is 1. The van der Waals surface area contributed by atoms with E-state index in [9.17, 15) is 34.1 Å². The summed E-state index contributed by atoms with van der Waals surface area (Å²) in [5, 5.41) is 21.8. The number of aliphatic hydroxyl groups excluding tert-OH is 1. The molecule has 11 nitrogen and oxygen atoms in total. The normalized spacial score (nSPS) is 14.0. The fourth-order valence-electron chi connectivity index (χ4n) is 6.06. The van der Waals surface area contributed by atoms with Crippen molar-refractivity contribution in [2.45, 2.75) is 212 Å². The highest BCUT2D eigenvalue weighted by Gasteiger charge is 2.28. The SMILES string of the molecule is CCC/C=C\C/C=C\CCCCCCCC(=O)OCC(O)COP(=O)(O)OCC(NC(=O)CCCCCCCCCCCCCCCCCCCC)C(=O)O. The molecule has 55 heavy (non-hydrogen) atoms. The number of allylic oxidation sites excluding steroid dienone is 4.